The van der Waals surface area contributed by atoms with Crippen LogP contribution in [0.1, 0.15) is 18.7 Å². The molecule has 1 atom stereocenters. The zero-order valence-electron chi connectivity index (χ0n) is 9.63. The molecule has 0 saturated heterocycles. The Morgan fingerprint density at radius 2 is 2.06 bits per heavy atom. The number of hydrogen-bond donors (Lipinski definition) is 1. The van der Waals surface area contributed by atoms with E-state index >= 15 is 0 Å². The monoisotopic (exact) mass is 329 g/mol. The molecule has 0 spiro atoms. The van der Waals surface area contributed by atoms with Crippen LogP contribution in [0.3, 0.4) is 0 Å². The topological polar surface area (TPSA) is 59.3 Å². The molecule has 0 bridgehead atoms. The average Bonchev–Trinajstić information content (AvgIpc) is 2.82. The Morgan fingerprint density at radius 3 is 2.67 bits per heavy atom. The van der Waals surface area contributed by atoms with Crippen LogP contribution in [-0.2, 0) is 10.0 Å². The maximum absolute atomic E-state index is 12.1. The minimum absolute atomic E-state index is 0.218. The summed E-state index contributed by atoms with van der Waals surface area (Å²) in [5.74, 6) is 0.577. The van der Waals surface area contributed by atoms with E-state index in [4.69, 9.17) is 4.42 Å². The average molecular weight is 330 g/mol. The maximum atomic E-state index is 12.1. The quantitative estimate of drug-likeness (QED) is 0.937. The van der Waals surface area contributed by atoms with Crippen molar-refractivity contribution in [1.82, 2.24) is 4.72 Å². The first-order valence-electron chi connectivity index (χ1n) is 5.30. The van der Waals surface area contributed by atoms with Gasteiger partial charge in [-0.2, -0.15) is 0 Å². The first-order chi connectivity index (χ1) is 8.49. The lowest BCUT2D eigenvalue weighted by Crippen LogP contribution is -2.26. The molecular weight excluding hydrogens is 318 g/mol. The van der Waals surface area contributed by atoms with Crippen LogP contribution in [0.25, 0.3) is 0 Å². The first-order valence-corrected chi connectivity index (χ1v) is 7.58. The second-order valence-electron chi connectivity index (χ2n) is 3.82. The van der Waals surface area contributed by atoms with Crippen molar-refractivity contribution in [3.05, 3.63) is 52.9 Å². The van der Waals surface area contributed by atoms with Crippen molar-refractivity contribution < 1.29 is 12.8 Å². The zero-order valence-corrected chi connectivity index (χ0v) is 12.0. The van der Waals surface area contributed by atoms with Crippen LogP contribution in [0.15, 0.2) is 56.4 Å². The minimum atomic E-state index is -3.55. The van der Waals surface area contributed by atoms with E-state index in [1.165, 1.54) is 6.26 Å². The van der Waals surface area contributed by atoms with Crippen LogP contribution >= 0.6 is 15.9 Å². The second-order valence-corrected chi connectivity index (χ2v) is 6.45. The van der Waals surface area contributed by atoms with E-state index in [1.807, 2.05) is 0 Å². The van der Waals surface area contributed by atoms with Gasteiger partial charge >= 0.3 is 0 Å². The Bertz CT molecular complexity index is 623. The van der Waals surface area contributed by atoms with Gasteiger partial charge in [-0.05, 0) is 37.3 Å². The molecule has 6 heteroatoms. The van der Waals surface area contributed by atoms with E-state index < -0.39 is 16.1 Å². The van der Waals surface area contributed by atoms with Gasteiger partial charge < -0.3 is 4.42 Å². The molecule has 0 aliphatic rings. The Kier molecular flexibility index (Phi) is 3.89. The van der Waals surface area contributed by atoms with Crippen LogP contribution in [0.5, 0.6) is 0 Å². The highest BCUT2D eigenvalue weighted by Crippen LogP contribution is 2.19. The molecule has 1 aromatic heterocycles. The summed E-state index contributed by atoms with van der Waals surface area (Å²) in [7, 11) is -3.55. The van der Waals surface area contributed by atoms with Gasteiger partial charge in [0.25, 0.3) is 0 Å². The van der Waals surface area contributed by atoms with Crippen molar-refractivity contribution in [2.75, 3.05) is 0 Å². The second kappa shape index (κ2) is 5.26. The fourth-order valence-electron chi connectivity index (χ4n) is 1.53. The summed E-state index contributed by atoms with van der Waals surface area (Å²) < 4.78 is 32.7. The lowest BCUT2D eigenvalue weighted by Gasteiger charge is -2.12. The lowest BCUT2D eigenvalue weighted by molar-refractivity contribution is 0.459. The molecule has 2 rings (SSSR count). The van der Waals surface area contributed by atoms with Gasteiger partial charge in [-0.15, -0.1) is 0 Å². The molecule has 4 nitrogen and oxygen atoms in total. The fraction of sp³-hybridized carbons (Fsp3) is 0.167. The maximum Gasteiger partial charge on any atom is 0.241 e. The third-order valence-corrected chi connectivity index (χ3v) is 4.44. The molecule has 0 aliphatic carbocycles. The van der Waals surface area contributed by atoms with Gasteiger partial charge in [0.05, 0.1) is 17.2 Å². The van der Waals surface area contributed by atoms with E-state index in [2.05, 4.69) is 20.7 Å². The van der Waals surface area contributed by atoms with E-state index in [1.54, 1.807) is 43.3 Å². The summed E-state index contributed by atoms with van der Waals surface area (Å²) >= 11 is 3.25. The highest BCUT2D eigenvalue weighted by atomic mass is 79.9. The smallest absolute Gasteiger partial charge is 0.241 e. The SMILES string of the molecule is C[C@@H](NS(=O)(=O)c1cccc(Br)c1)c1ccco1. The van der Waals surface area contributed by atoms with Crippen molar-refractivity contribution in [1.29, 1.82) is 0 Å². The normalized spacial score (nSPS) is 13.4. The molecule has 0 radical (unpaired) electrons. The fourth-order valence-corrected chi connectivity index (χ4v) is 3.34. The summed E-state index contributed by atoms with van der Waals surface area (Å²) in [6.07, 6.45) is 1.51. The molecule has 2 aromatic rings. The highest BCUT2D eigenvalue weighted by Gasteiger charge is 2.19. The third kappa shape index (κ3) is 3.01. The predicted octanol–water partition coefficient (Wildman–Crippen LogP) is 3.08. The summed E-state index contributed by atoms with van der Waals surface area (Å²) in [5.41, 5.74) is 0. The van der Waals surface area contributed by atoms with Gasteiger partial charge in [0.1, 0.15) is 5.76 Å². The number of nitrogens with one attached hydrogen (secondary N) is 1. The van der Waals surface area contributed by atoms with E-state index in [9.17, 15) is 8.42 Å². The molecular formula is C12H12BrNO3S. The Hall–Kier alpha value is -1.11. The summed E-state index contributed by atoms with van der Waals surface area (Å²) in [6, 6.07) is 9.58. The van der Waals surface area contributed by atoms with E-state index in [0.717, 1.165) is 4.47 Å². The van der Waals surface area contributed by atoms with Crippen LogP contribution in [0, 0.1) is 0 Å². The first kappa shape index (κ1) is 13.3. The van der Waals surface area contributed by atoms with Gasteiger partial charge in [-0.3, -0.25) is 0 Å². The predicted molar refractivity (Wildman–Crippen MR) is 71.6 cm³/mol. The lowest BCUT2D eigenvalue weighted by atomic mass is 10.3. The van der Waals surface area contributed by atoms with E-state index in [0.29, 0.717) is 5.76 Å². The molecule has 1 N–H and O–H groups in total. The Labute approximate surface area is 114 Å². The number of halogens is 1. The molecule has 0 amide bonds. The molecule has 18 heavy (non-hydrogen) atoms. The Balaban J connectivity index is 2.22. The van der Waals surface area contributed by atoms with Crippen LogP contribution in [0.4, 0.5) is 0 Å². The largest absolute Gasteiger partial charge is 0.468 e. The third-order valence-electron chi connectivity index (χ3n) is 2.41. The number of benzene rings is 1. The summed E-state index contributed by atoms with van der Waals surface area (Å²) in [5, 5.41) is 0. The van der Waals surface area contributed by atoms with Crippen molar-refractivity contribution in [3.63, 3.8) is 0 Å². The van der Waals surface area contributed by atoms with E-state index in [-0.39, 0.29) is 4.90 Å². The van der Waals surface area contributed by atoms with Crippen LogP contribution in [0.2, 0.25) is 0 Å². The molecule has 1 heterocycles. The summed E-state index contributed by atoms with van der Waals surface area (Å²) in [4.78, 5) is 0.218. The van der Waals surface area contributed by atoms with Crippen molar-refractivity contribution in [2.45, 2.75) is 17.9 Å². The van der Waals surface area contributed by atoms with Crippen molar-refractivity contribution >= 4 is 26.0 Å². The number of furan rings is 1. The van der Waals surface area contributed by atoms with Gasteiger partial charge in [-0.25, -0.2) is 13.1 Å². The molecule has 0 fully saturated rings. The highest BCUT2D eigenvalue weighted by molar-refractivity contribution is 9.10. The van der Waals surface area contributed by atoms with Gasteiger partial charge in [-0.1, -0.05) is 22.0 Å². The van der Waals surface area contributed by atoms with Crippen molar-refractivity contribution in [2.24, 2.45) is 0 Å². The number of sulfonamides is 1. The van der Waals surface area contributed by atoms with Crippen LogP contribution in [-0.4, -0.2) is 8.42 Å². The van der Waals surface area contributed by atoms with Gasteiger partial charge in [0, 0.05) is 4.47 Å². The van der Waals surface area contributed by atoms with Crippen molar-refractivity contribution in [3.8, 4) is 0 Å². The molecule has 0 aliphatic heterocycles. The summed E-state index contributed by atoms with van der Waals surface area (Å²) in [6.45, 7) is 1.73. The van der Waals surface area contributed by atoms with Gasteiger partial charge in [0.15, 0.2) is 0 Å². The molecule has 0 unspecified atom stereocenters. The number of rotatable bonds is 4. The molecule has 0 saturated carbocycles. The minimum Gasteiger partial charge on any atom is -0.468 e. The molecule has 96 valence electrons. The Morgan fingerprint density at radius 1 is 1.28 bits per heavy atom. The zero-order chi connectivity index (χ0) is 13.2. The van der Waals surface area contributed by atoms with Gasteiger partial charge in [0.2, 0.25) is 10.0 Å². The number of hydrogen-bond acceptors (Lipinski definition) is 3. The molecule has 1 aromatic carbocycles. The standard InChI is InChI=1S/C12H12BrNO3S/c1-9(12-6-3-7-17-12)14-18(15,16)11-5-2-4-10(13)8-11/h2-9,14H,1H3/t9-/m1/s1. The van der Waals surface area contributed by atoms with Crippen LogP contribution < -0.4 is 4.72 Å².